The first-order chi connectivity index (χ1) is 37.4. The van der Waals surface area contributed by atoms with Gasteiger partial charge in [0.15, 0.2) is 29.5 Å². The van der Waals surface area contributed by atoms with E-state index in [1.165, 1.54) is 78.5 Å². The van der Waals surface area contributed by atoms with Crippen molar-refractivity contribution in [3.8, 4) is 0 Å². The fourth-order valence-electron chi connectivity index (χ4n) is 9.25. The zero-order chi connectivity index (χ0) is 62.0. The van der Waals surface area contributed by atoms with Crippen molar-refractivity contribution in [3.63, 3.8) is 0 Å². The molecule has 0 unspecified atom stereocenters. The summed E-state index contributed by atoms with van der Waals surface area (Å²) in [6.07, 6.45) is 15.7. The van der Waals surface area contributed by atoms with Crippen molar-refractivity contribution in [1.82, 2.24) is 0 Å². The van der Waals surface area contributed by atoms with Crippen LogP contribution in [0, 0.1) is 47.6 Å². The monoisotopic (exact) mass is 1550 g/mol. The standard InChI is InChI=1S/C15H20O2S.C14H17BrO2S.C14H17O2S.C7H10Br2.C7H7Br.C7H7.2ClH.2Zn/c1-11-9-15(2,3)10-14(11)12-5-7-13(8-6-12)18(4,16)17;1-14(2)8-12(13(15)9-14)10-4-6-11(7-5-10)18(3,16)17;1-14(2)9-8-12(10-14)11-4-6-13(7-5-11)17(3,15)16;1-7(2)3-5(8)6(9)4-7;1-6-2-4-7(8)5-3-6;1-7-5-3-2-4-6-7;;;;/h5-8H,9-10H2,1-4H3;4-7H,8-9H2,1-3H3;4-7H,9-10H2,1-3H3;3-4H2,1-2H3;2-5H,1H3;3-6H,1H3;2*1H;;/q;;-1;;;-1;;;2*+2/p-2. The summed E-state index contributed by atoms with van der Waals surface area (Å²) in [6, 6.07) is 40.6. The van der Waals surface area contributed by atoms with Crippen molar-refractivity contribution in [2.24, 2.45) is 21.7 Å². The van der Waals surface area contributed by atoms with E-state index < -0.39 is 29.5 Å². The van der Waals surface area contributed by atoms with Crippen molar-refractivity contribution in [3.05, 3.63) is 185 Å². The van der Waals surface area contributed by atoms with Gasteiger partial charge >= 0.3 is 54.0 Å². The van der Waals surface area contributed by atoms with Crippen LogP contribution < -0.4 is 0 Å². The molecule has 9 rings (SSSR count). The summed E-state index contributed by atoms with van der Waals surface area (Å²) in [5.41, 5.74) is 12.6. The van der Waals surface area contributed by atoms with Gasteiger partial charge in [0.1, 0.15) is 0 Å². The molecule has 434 valence electrons. The average molecular weight is 1560 g/mol. The fourth-order valence-corrected chi connectivity index (χ4v) is 14.3. The zero-order valence-electron chi connectivity index (χ0n) is 49.6. The molecule has 0 atom stereocenters. The average Bonchev–Trinajstić information content (AvgIpc) is 4.07. The van der Waals surface area contributed by atoms with E-state index in [2.05, 4.69) is 164 Å². The number of hydrogen-bond donors (Lipinski definition) is 0. The van der Waals surface area contributed by atoms with E-state index in [9.17, 15) is 25.3 Å². The molecular weight excluding hydrogens is 1480 g/mol. The third-order valence-corrected chi connectivity index (χ3v) is 20.0. The van der Waals surface area contributed by atoms with Crippen LogP contribution >= 0.6 is 83.1 Å². The van der Waals surface area contributed by atoms with Gasteiger partial charge in [0.2, 0.25) is 0 Å². The summed E-state index contributed by atoms with van der Waals surface area (Å²) >= 11 is 15.7. The molecule has 17 heteroatoms. The topological polar surface area (TPSA) is 102 Å². The van der Waals surface area contributed by atoms with E-state index in [0.29, 0.717) is 25.5 Å². The Kier molecular flexibility index (Phi) is 31.5. The van der Waals surface area contributed by atoms with Crippen molar-refractivity contribution in [1.29, 1.82) is 0 Å². The fraction of sp³-hybridized carbons (Fsp3) is 0.406. The minimum absolute atomic E-state index is 0.281. The molecule has 0 saturated heterocycles. The van der Waals surface area contributed by atoms with Crippen LogP contribution in [0.4, 0.5) is 0 Å². The first-order valence-electron chi connectivity index (χ1n) is 26.1. The van der Waals surface area contributed by atoms with Gasteiger partial charge in [-0.2, -0.15) is 41.5 Å². The SMILES string of the molecule is CC1(C)CC(Br)=C(Br)C1.CC1(C)CC(Br)=C(c2ccc(S(C)(=O)=O)cc2)C1.CC1(C)C[C-]=C(c2ccc(S(C)(=O)=O)cc2)C1.CC1=C(c2ccc(S(C)(=O)=O)cc2)CC(C)(C)C1.Cc1cc[c-]cc1.Cc1ccc(Br)cc1.[Cl][Zn+].[Cl][Zn+]. The maximum absolute atomic E-state index is 11.4. The van der Waals surface area contributed by atoms with E-state index in [1.807, 2.05) is 72.8 Å². The van der Waals surface area contributed by atoms with Crippen molar-refractivity contribution in [2.45, 2.75) is 142 Å². The second-order valence-electron chi connectivity index (χ2n) is 23.9. The number of sulfone groups is 3. The number of halogens is 6. The molecule has 0 amide bonds. The van der Waals surface area contributed by atoms with Crippen LogP contribution in [0.5, 0.6) is 0 Å². The molecule has 5 aromatic carbocycles. The van der Waals surface area contributed by atoms with E-state index in [4.69, 9.17) is 19.4 Å². The molecule has 0 fully saturated rings. The van der Waals surface area contributed by atoms with E-state index in [0.717, 1.165) is 94.3 Å². The Morgan fingerprint density at radius 3 is 1.01 bits per heavy atom. The Hall–Kier alpha value is -1.34. The molecule has 0 N–H and O–H groups in total. The molecule has 0 bridgehead atoms. The van der Waals surface area contributed by atoms with Crippen LogP contribution in [-0.4, -0.2) is 44.0 Å². The van der Waals surface area contributed by atoms with Gasteiger partial charge in [0.05, 0.1) is 14.7 Å². The molecule has 4 aliphatic rings. The van der Waals surface area contributed by atoms with Crippen LogP contribution in [0.1, 0.15) is 141 Å². The van der Waals surface area contributed by atoms with Crippen LogP contribution in [0.3, 0.4) is 0 Å². The Balaban J connectivity index is 0.000000339. The number of aryl methyl sites for hydroxylation is 2. The van der Waals surface area contributed by atoms with E-state index >= 15 is 0 Å². The van der Waals surface area contributed by atoms with Gasteiger partial charge in [-0.05, 0) is 137 Å². The predicted octanol–water partition coefficient (Wildman–Crippen LogP) is 20.5. The quantitative estimate of drug-likeness (QED) is 0.124. The van der Waals surface area contributed by atoms with Crippen molar-refractivity contribution < 1.29 is 59.9 Å². The number of rotatable bonds is 6. The van der Waals surface area contributed by atoms with Crippen LogP contribution in [-0.2, 0) is 64.1 Å². The molecule has 0 spiro atoms. The Morgan fingerprint density at radius 1 is 0.407 bits per heavy atom. The third-order valence-electron chi connectivity index (χ3n) is 13.3. The number of allylic oxidation sites excluding steroid dienone is 8. The molecule has 0 heterocycles. The first-order valence-corrected chi connectivity index (χ1v) is 42.8. The van der Waals surface area contributed by atoms with Gasteiger partial charge in [0.25, 0.3) is 0 Å². The second kappa shape index (κ2) is 33.7. The Labute approximate surface area is 550 Å². The summed E-state index contributed by atoms with van der Waals surface area (Å²) in [7, 11) is 0.229. The summed E-state index contributed by atoms with van der Waals surface area (Å²) in [5.74, 6) is 0. The second-order valence-corrected chi connectivity index (χ2v) is 33.8. The molecule has 0 aliphatic heterocycles. The third kappa shape index (κ3) is 27.5. The Bertz CT molecular complexity index is 3160. The van der Waals surface area contributed by atoms with E-state index in [-0.39, 0.29) is 10.8 Å². The van der Waals surface area contributed by atoms with Gasteiger partial charge in [-0.1, -0.05) is 192 Å². The molecule has 0 radical (unpaired) electrons. The van der Waals surface area contributed by atoms with Crippen LogP contribution in [0.2, 0.25) is 0 Å². The molecule has 4 aliphatic carbocycles. The molecule has 81 heavy (non-hydrogen) atoms. The van der Waals surface area contributed by atoms with Gasteiger partial charge in [-0.25, -0.2) is 30.8 Å². The molecule has 5 aromatic rings. The van der Waals surface area contributed by atoms with Gasteiger partial charge in [0, 0.05) is 32.2 Å². The van der Waals surface area contributed by atoms with Gasteiger partial charge < -0.3 is 0 Å². The zero-order valence-corrected chi connectivity index (χ0v) is 65.8. The summed E-state index contributed by atoms with van der Waals surface area (Å²) in [5, 5.41) is 0. The predicted molar refractivity (Wildman–Crippen MR) is 351 cm³/mol. The molecular formula is C64H78Br4Cl2O6S3Zn2. The van der Waals surface area contributed by atoms with Gasteiger partial charge in [-0.15, -0.1) is 18.6 Å². The summed E-state index contributed by atoms with van der Waals surface area (Å²) in [4.78, 5) is 1.14. The Morgan fingerprint density at radius 2 is 0.741 bits per heavy atom. The van der Waals surface area contributed by atoms with Crippen LogP contribution in [0.25, 0.3) is 16.7 Å². The van der Waals surface area contributed by atoms with E-state index in [1.54, 1.807) is 36.4 Å². The van der Waals surface area contributed by atoms with Crippen molar-refractivity contribution in [2.75, 3.05) is 18.8 Å². The summed E-state index contributed by atoms with van der Waals surface area (Å²) < 4.78 is 73.4. The van der Waals surface area contributed by atoms with Gasteiger partial charge in [-0.3, -0.25) is 6.08 Å². The number of benzene rings is 5. The van der Waals surface area contributed by atoms with Crippen molar-refractivity contribution >= 4 is 129 Å². The number of hydrogen-bond acceptors (Lipinski definition) is 6. The molecule has 6 nitrogen and oxygen atoms in total. The first kappa shape index (κ1) is 75.8. The molecule has 0 aromatic heterocycles. The normalized spacial score (nSPS) is 17.3. The maximum atomic E-state index is 11.4. The summed E-state index contributed by atoms with van der Waals surface area (Å²) in [6.45, 7) is 24.3. The minimum atomic E-state index is -3.11. The molecule has 0 saturated carbocycles. The van der Waals surface area contributed by atoms with Crippen LogP contribution in [0.15, 0.2) is 160 Å².